The number of fused-ring (bicyclic) bond motifs is 1. The number of benzene rings is 2. The quantitative estimate of drug-likeness (QED) is 0.239. The number of halogens is 1. The summed E-state index contributed by atoms with van der Waals surface area (Å²) in [7, 11) is 1.75. The van der Waals surface area contributed by atoms with Crippen molar-refractivity contribution in [3.05, 3.63) is 60.2 Å². The van der Waals surface area contributed by atoms with Crippen molar-refractivity contribution in [3.63, 3.8) is 0 Å². The van der Waals surface area contributed by atoms with Crippen LogP contribution in [0.2, 0.25) is 0 Å². The fourth-order valence-electron chi connectivity index (χ4n) is 3.11. The minimum Gasteiger partial charge on any atom is -0.494 e. The van der Waals surface area contributed by atoms with Crippen LogP contribution in [-0.2, 0) is 4.79 Å². The van der Waals surface area contributed by atoms with E-state index in [4.69, 9.17) is 4.74 Å². The van der Waals surface area contributed by atoms with Crippen molar-refractivity contribution in [3.8, 4) is 5.75 Å². The molecule has 0 radical (unpaired) electrons. The Hall–Kier alpha value is -2.29. The van der Waals surface area contributed by atoms with E-state index in [0.29, 0.717) is 19.6 Å². The second kappa shape index (κ2) is 11.5. The van der Waals surface area contributed by atoms with Crippen LogP contribution in [0.5, 0.6) is 5.75 Å². The molecule has 0 spiro atoms. The molecular weight excluding hydrogens is 467 g/mol. The summed E-state index contributed by atoms with van der Waals surface area (Å²) in [5.74, 6) is 1.81. The minimum atomic E-state index is 0. The predicted octanol–water partition coefficient (Wildman–Crippen LogP) is 3.36. The Morgan fingerprint density at radius 1 is 1.14 bits per heavy atom. The topological polar surface area (TPSA) is 74.8 Å². The maximum absolute atomic E-state index is 11.9. The van der Waals surface area contributed by atoms with Gasteiger partial charge in [-0.05, 0) is 30.2 Å². The average molecular weight is 494 g/mol. The highest BCUT2D eigenvalue weighted by atomic mass is 127. The summed E-state index contributed by atoms with van der Waals surface area (Å²) in [6.45, 7) is 2.06. The van der Waals surface area contributed by atoms with Crippen molar-refractivity contribution < 1.29 is 9.53 Å². The summed E-state index contributed by atoms with van der Waals surface area (Å²) in [6, 6.07) is 17.7. The van der Waals surface area contributed by atoms with Crippen LogP contribution in [0.15, 0.2) is 59.6 Å². The van der Waals surface area contributed by atoms with Crippen molar-refractivity contribution in [2.45, 2.75) is 18.8 Å². The molecule has 150 valence electrons. The molecule has 7 heteroatoms. The number of ether oxygens (including phenoxy) is 1. The van der Waals surface area contributed by atoms with Gasteiger partial charge in [-0.2, -0.15) is 0 Å². The largest absolute Gasteiger partial charge is 0.494 e. The molecule has 2 aromatic rings. The van der Waals surface area contributed by atoms with Crippen LogP contribution in [0.3, 0.4) is 0 Å². The van der Waals surface area contributed by atoms with E-state index in [2.05, 4.69) is 27.0 Å². The summed E-state index contributed by atoms with van der Waals surface area (Å²) < 4.78 is 5.68. The van der Waals surface area contributed by atoms with Crippen molar-refractivity contribution in [2.24, 2.45) is 4.99 Å². The second-order valence-corrected chi connectivity index (χ2v) is 6.43. The van der Waals surface area contributed by atoms with Gasteiger partial charge in [0.1, 0.15) is 5.75 Å². The lowest BCUT2D eigenvalue weighted by molar-refractivity contribution is -0.116. The molecule has 0 saturated carbocycles. The number of aliphatic imine (C=N–C) groups is 1. The van der Waals surface area contributed by atoms with Crippen LogP contribution >= 0.6 is 24.0 Å². The average Bonchev–Trinajstić information content (AvgIpc) is 2.70. The van der Waals surface area contributed by atoms with Crippen LogP contribution in [-0.4, -0.2) is 38.6 Å². The Labute approximate surface area is 183 Å². The first kappa shape index (κ1) is 22.0. The number of anilines is 1. The van der Waals surface area contributed by atoms with Gasteiger partial charge in [-0.3, -0.25) is 9.79 Å². The Morgan fingerprint density at radius 3 is 2.68 bits per heavy atom. The van der Waals surface area contributed by atoms with Gasteiger partial charge in [0.15, 0.2) is 5.96 Å². The Morgan fingerprint density at radius 2 is 1.89 bits per heavy atom. The highest BCUT2D eigenvalue weighted by Gasteiger charge is 2.24. The monoisotopic (exact) mass is 494 g/mol. The van der Waals surface area contributed by atoms with Crippen molar-refractivity contribution in [1.29, 1.82) is 0 Å². The van der Waals surface area contributed by atoms with E-state index < -0.39 is 0 Å². The van der Waals surface area contributed by atoms with Gasteiger partial charge in [0.25, 0.3) is 0 Å². The van der Waals surface area contributed by atoms with Crippen LogP contribution in [0.4, 0.5) is 5.69 Å². The third-order valence-electron chi connectivity index (χ3n) is 4.47. The lowest BCUT2D eigenvalue weighted by Gasteiger charge is -2.26. The lowest BCUT2D eigenvalue weighted by Crippen LogP contribution is -2.41. The van der Waals surface area contributed by atoms with Gasteiger partial charge in [0.05, 0.1) is 6.61 Å². The summed E-state index contributed by atoms with van der Waals surface area (Å²) >= 11 is 0. The van der Waals surface area contributed by atoms with Gasteiger partial charge >= 0.3 is 0 Å². The molecular formula is C21H27IN4O2. The van der Waals surface area contributed by atoms with Gasteiger partial charge in [-0.15, -0.1) is 24.0 Å². The molecule has 6 nitrogen and oxygen atoms in total. The highest BCUT2D eigenvalue weighted by molar-refractivity contribution is 14.0. The predicted molar refractivity (Wildman–Crippen MR) is 124 cm³/mol. The summed E-state index contributed by atoms with van der Waals surface area (Å²) in [4.78, 5) is 16.2. The smallest absolute Gasteiger partial charge is 0.225 e. The molecule has 1 heterocycles. The molecule has 1 unspecified atom stereocenters. The van der Waals surface area contributed by atoms with Crippen molar-refractivity contribution >= 4 is 41.5 Å². The first-order chi connectivity index (χ1) is 13.3. The number of rotatable bonds is 7. The van der Waals surface area contributed by atoms with E-state index >= 15 is 0 Å². The molecule has 2 aromatic carbocycles. The summed E-state index contributed by atoms with van der Waals surface area (Å²) in [6.07, 6.45) is 1.34. The number of guanidine groups is 1. The van der Waals surface area contributed by atoms with E-state index in [-0.39, 0.29) is 35.8 Å². The number of nitrogens with zero attached hydrogens (tertiary/aromatic N) is 1. The highest BCUT2D eigenvalue weighted by Crippen LogP contribution is 2.31. The van der Waals surface area contributed by atoms with E-state index in [1.807, 2.05) is 48.5 Å². The molecule has 0 aromatic heterocycles. The van der Waals surface area contributed by atoms with Gasteiger partial charge in [-0.1, -0.05) is 36.4 Å². The first-order valence-corrected chi connectivity index (χ1v) is 9.27. The maximum atomic E-state index is 11.9. The van der Waals surface area contributed by atoms with E-state index in [0.717, 1.165) is 35.9 Å². The molecule has 1 amide bonds. The van der Waals surface area contributed by atoms with E-state index in [9.17, 15) is 4.79 Å². The molecule has 28 heavy (non-hydrogen) atoms. The number of hydrogen-bond donors (Lipinski definition) is 3. The third-order valence-corrected chi connectivity index (χ3v) is 4.47. The van der Waals surface area contributed by atoms with Crippen LogP contribution in [0.25, 0.3) is 0 Å². The molecule has 3 rings (SSSR count). The number of carbonyl (C=O) groups excluding carboxylic acids is 1. The van der Waals surface area contributed by atoms with Crippen LogP contribution < -0.4 is 20.7 Å². The standard InChI is InChI=1S/C21H26N4O2.HI/c1-22-21(23-12-7-13-27-17-8-3-2-4-9-17)24-15-16-14-20(26)25-19-11-6-5-10-18(16)19;/h2-6,8-11,16H,7,12-15H2,1H3,(H,25,26)(H2,22,23,24);1H. The molecule has 0 aliphatic carbocycles. The number of carbonyl (C=O) groups is 1. The zero-order valence-electron chi connectivity index (χ0n) is 16.0. The second-order valence-electron chi connectivity index (χ2n) is 6.43. The summed E-state index contributed by atoms with van der Waals surface area (Å²) in [5, 5.41) is 9.54. The lowest BCUT2D eigenvalue weighted by atomic mass is 9.90. The van der Waals surface area contributed by atoms with E-state index in [1.165, 1.54) is 0 Å². The van der Waals surface area contributed by atoms with Crippen LogP contribution in [0.1, 0.15) is 24.3 Å². The number of nitrogens with one attached hydrogen (secondary N) is 3. The molecule has 1 aliphatic rings. The van der Waals surface area contributed by atoms with E-state index in [1.54, 1.807) is 7.05 Å². The zero-order chi connectivity index (χ0) is 18.9. The van der Waals surface area contributed by atoms with Crippen molar-refractivity contribution in [1.82, 2.24) is 10.6 Å². The third kappa shape index (κ3) is 6.40. The fraction of sp³-hybridized carbons (Fsp3) is 0.333. The number of hydrogen-bond acceptors (Lipinski definition) is 3. The molecule has 3 N–H and O–H groups in total. The zero-order valence-corrected chi connectivity index (χ0v) is 18.3. The Balaban J connectivity index is 0.00000280. The summed E-state index contributed by atoms with van der Waals surface area (Å²) in [5.41, 5.74) is 2.07. The van der Waals surface area contributed by atoms with Crippen molar-refractivity contribution in [2.75, 3.05) is 32.1 Å². The molecule has 0 fully saturated rings. The SMILES string of the molecule is CN=C(NCCCOc1ccccc1)NCC1CC(=O)Nc2ccccc21.I. The number of amides is 1. The van der Waals surface area contributed by atoms with Gasteiger partial charge < -0.3 is 20.7 Å². The first-order valence-electron chi connectivity index (χ1n) is 9.27. The Kier molecular flexibility index (Phi) is 9.06. The number of para-hydroxylation sites is 2. The maximum Gasteiger partial charge on any atom is 0.225 e. The minimum absolute atomic E-state index is 0. The van der Waals surface area contributed by atoms with Gasteiger partial charge in [-0.25, -0.2) is 0 Å². The normalized spacial score (nSPS) is 15.7. The molecule has 0 saturated heterocycles. The Bertz CT molecular complexity index is 783. The fourth-order valence-corrected chi connectivity index (χ4v) is 3.11. The molecule has 1 atom stereocenters. The molecule has 0 bridgehead atoms. The van der Waals surface area contributed by atoms with Gasteiger partial charge in [0.2, 0.25) is 5.91 Å². The van der Waals surface area contributed by atoms with Crippen LogP contribution in [0, 0.1) is 0 Å². The molecule has 1 aliphatic heterocycles. The van der Waals surface area contributed by atoms with Gasteiger partial charge in [0, 0.05) is 38.2 Å².